The minimum atomic E-state index is 0.228. The predicted molar refractivity (Wildman–Crippen MR) is 79.7 cm³/mol. The summed E-state index contributed by atoms with van der Waals surface area (Å²) in [5.41, 5.74) is 1.40. The SMILES string of the molecule is CC1CC(=O)CCC1Nc1ncnc2ccc(C#N)cc12. The Kier molecular flexibility index (Phi) is 3.53. The Morgan fingerprint density at radius 2 is 2.24 bits per heavy atom. The molecule has 0 bridgehead atoms. The molecule has 1 fully saturated rings. The number of carbonyl (C=O) groups is 1. The molecular formula is C16H16N4O. The maximum atomic E-state index is 11.5. The molecule has 0 aliphatic heterocycles. The van der Waals surface area contributed by atoms with Crippen LogP contribution < -0.4 is 5.32 Å². The first-order chi connectivity index (χ1) is 10.2. The molecule has 106 valence electrons. The van der Waals surface area contributed by atoms with E-state index in [0.29, 0.717) is 24.2 Å². The van der Waals surface area contributed by atoms with Gasteiger partial charge >= 0.3 is 0 Å². The number of hydrogen-bond acceptors (Lipinski definition) is 5. The van der Waals surface area contributed by atoms with E-state index < -0.39 is 0 Å². The van der Waals surface area contributed by atoms with Gasteiger partial charge in [0.05, 0.1) is 17.1 Å². The molecule has 0 spiro atoms. The summed E-state index contributed by atoms with van der Waals surface area (Å²) in [7, 11) is 0. The Bertz CT molecular complexity index is 735. The summed E-state index contributed by atoms with van der Waals surface area (Å²) in [6.07, 6.45) is 3.58. The molecule has 1 aromatic carbocycles. The summed E-state index contributed by atoms with van der Waals surface area (Å²) < 4.78 is 0. The quantitative estimate of drug-likeness (QED) is 0.915. The summed E-state index contributed by atoms with van der Waals surface area (Å²) in [5, 5.41) is 13.3. The number of hydrogen-bond donors (Lipinski definition) is 1. The Balaban J connectivity index is 1.93. The van der Waals surface area contributed by atoms with Crippen molar-refractivity contribution in [3.63, 3.8) is 0 Å². The first-order valence-electron chi connectivity index (χ1n) is 7.10. The number of aromatic nitrogens is 2. The van der Waals surface area contributed by atoms with Crippen LogP contribution in [0.1, 0.15) is 31.7 Å². The Morgan fingerprint density at radius 3 is 3.00 bits per heavy atom. The van der Waals surface area contributed by atoms with E-state index in [1.165, 1.54) is 6.33 Å². The number of nitrogens with one attached hydrogen (secondary N) is 1. The zero-order valence-electron chi connectivity index (χ0n) is 11.8. The van der Waals surface area contributed by atoms with E-state index in [1.807, 2.05) is 6.07 Å². The van der Waals surface area contributed by atoms with Crippen molar-refractivity contribution in [2.75, 3.05) is 5.32 Å². The normalized spacial score (nSPS) is 22.0. The summed E-state index contributed by atoms with van der Waals surface area (Å²) in [6.45, 7) is 2.08. The molecule has 1 aliphatic rings. The van der Waals surface area contributed by atoms with Gasteiger partial charge in [0, 0.05) is 24.3 Å². The van der Waals surface area contributed by atoms with Crippen molar-refractivity contribution in [3.05, 3.63) is 30.1 Å². The van der Waals surface area contributed by atoms with Gasteiger partial charge in [-0.3, -0.25) is 4.79 Å². The molecule has 1 aliphatic carbocycles. The van der Waals surface area contributed by atoms with Gasteiger partial charge in [0.25, 0.3) is 0 Å². The highest BCUT2D eigenvalue weighted by molar-refractivity contribution is 5.90. The van der Waals surface area contributed by atoms with Crippen LogP contribution >= 0.6 is 0 Å². The highest BCUT2D eigenvalue weighted by Gasteiger charge is 2.26. The Labute approximate surface area is 123 Å². The standard InChI is InChI=1S/C16H16N4O/c1-10-6-12(21)3-5-14(10)20-16-13-7-11(8-17)2-4-15(13)18-9-19-16/h2,4,7,9-10,14H,3,5-6H2,1H3,(H,18,19,20). The lowest BCUT2D eigenvalue weighted by atomic mass is 9.85. The van der Waals surface area contributed by atoms with Gasteiger partial charge in [0.15, 0.2) is 0 Å². The van der Waals surface area contributed by atoms with E-state index >= 15 is 0 Å². The molecule has 3 rings (SSSR count). The highest BCUT2D eigenvalue weighted by Crippen LogP contribution is 2.27. The van der Waals surface area contributed by atoms with Crippen LogP contribution in [0.25, 0.3) is 10.9 Å². The third kappa shape index (κ3) is 2.70. The summed E-state index contributed by atoms with van der Waals surface area (Å²) in [6, 6.07) is 7.75. The number of Topliss-reactive ketones (excluding diaryl/α,β-unsaturated/α-hetero) is 1. The molecule has 1 saturated carbocycles. The lowest BCUT2D eigenvalue weighted by Crippen LogP contribution is -2.34. The number of benzene rings is 1. The largest absolute Gasteiger partial charge is 0.366 e. The fourth-order valence-corrected chi connectivity index (χ4v) is 2.84. The highest BCUT2D eigenvalue weighted by atomic mass is 16.1. The average Bonchev–Trinajstić information content (AvgIpc) is 2.50. The zero-order valence-corrected chi connectivity index (χ0v) is 11.8. The van der Waals surface area contributed by atoms with Crippen molar-refractivity contribution in [2.24, 2.45) is 5.92 Å². The van der Waals surface area contributed by atoms with Crippen LogP contribution in [-0.4, -0.2) is 21.8 Å². The topological polar surface area (TPSA) is 78.7 Å². The molecule has 5 heteroatoms. The molecule has 1 N–H and O–H groups in total. The van der Waals surface area contributed by atoms with E-state index in [2.05, 4.69) is 28.3 Å². The second-order valence-corrected chi connectivity index (χ2v) is 5.58. The molecular weight excluding hydrogens is 264 g/mol. The number of nitriles is 1. The van der Waals surface area contributed by atoms with Gasteiger partial charge in [0.2, 0.25) is 0 Å². The lowest BCUT2D eigenvalue weighted by molar-refractivity contribution is -0.121. The summed E-state index contributed by atoms with van der Waals surface area (Å²) >= 11 is 0. The molecule has 2 unspecified atom stereocenters. The molecule has 1 heterocycles. The maximum absolute atomic E-state index is 11.5. The van der Waals surface area contributed by atoms with Gasteiger partial charge in [0.1, 0.15) is 17.9 Å². The molecule has 0 saturated heterocycles. The van der Waals surface area contributed by atoms with Gasteiger partial charge in [-0.15, -0.1) is 0 Å². The third-order valence-corrected chi connectivity index (χ3v) is 4.06. The maximum Gasteiger partial charge on any atom is 0.137 e. The fraction of sp³-hybridized carbons (Fsp3) is 0.375. The predicted octanol–water partition coefficient (Wildman–Crippen LogP) is 2.67. The Hall–Kier alpha value is -2.48. The number of ketones is 1. The van der Waals surface area contributed by atoms with Gasteiger partial charge in [-0.1, -0.05) is 6.92 Å². The number of anilines is 1. The van der Waals surface area contributed by atoms with E-state index in [0.717, 1.165) is 23.1 Å². The van der Waals surface area contributed by atoms with Crippen molar-refractivity contribution in [3.8, 4) is 6.07 Å². The van der Waals surface area contributed by atoms with Crippen molar-refractivity contribution in [2.45, 2.75) is 32.2 Å². The molecule has 1 aromatic heterocycles. The second-order valence-electron chi connectivity index (χ2n) is 5.58. The number of fused-ring (bicyclic) bond motifs is 1. The van der Waals surface area contributed by atoms with E-state index in [-0.39, 0.29) is 12.0 Å². The van der Waals surface area contributed by atoms with Crippen molar-refractivity contribution < 1.29 is 4.79 Å². The molecule has 0 radical (unpaired) electrons. The number of nitrogens with zero attached hydrogens (tertiary/aromatic N) is 3. The van der Waals surface area contributed by atoms with Crippen LogP contribution in [0.2, 0.25) is 0 Å². The van der Waals surface area contributed by atoms with Crippen LogP contribution in [0.5, 0.6) is 0 Å². The molecule has 5 nitrogen and oxygen atoms in total. The third-order valence-electron chi connectivity index (χ3n) is 4.06. The Morgan fingerprint density at radius 1 is 1.38 bits per heavy atom. The number of carbonyl (C=O) groups excluding carboxylic acids is 1. The van der Waals surface area contributed by atoms with E-state index in [9.17, 15) is 4.79 Å². The summed E-state index contributed by atoms with van der Waals surface area (Å²) in [4.78, 5) is 20.0. The van der Waals surface area contributed by atoms with E-state index in [4.69, 9.17) is 5.26 Å². The van der Waals surface area contributed by atoms with Crippen molar-refractivity contribution in [1.82, 2.24) is 9.97 Å². The second kappa shape index (κ2) is 5.49. The van der Waals surface area contributed by atoms with Crippen LogP contribution in [0.4, 0.5) is 5.82 Å². The van der Waals surface area contributed by atoms with Gasteiger partial charge in [-0.2, -0.15) is 5.26 Å². The van der Waals surface area contributed by atoms with Crippen molar-refractivity contribution >= 4 is 22.5 Å². The van der Waals surface area contributed by atoms with Crippen LogP contribution in [-0.2, 0) is 4.79 Å². The first-order valence-corrected chi connectivity index (χ1v) is 7.10. The zero-order chi connectivity index (χ0) is 14.8. The van der Waals surface area contributed by atoms with Crippen molar-refractivity contribution in [1.29, 1.82) is 5.26 Å². The van der Waals surface area contributed by atoms with Gasteiger partial charge in [-0.25, -0.2) is 9.97 Å². The average molecular weight is 280 g/mol. The molecule has 21 heavy (non-hydrogen) atoms. The lowest BCUT2D eigenvalue weighted by Gasteiger charge is -2.29. The van der Waals surface area contributed by atoms with Crippen LogP contribution in [0.15, 0.2) is 24.5 Å². The van der Waals surface area contributed by atoms with Crippen LogP contribution in [0, 0.1) is 17.2 Å². The molecule has 2 atom stereocenters. The summed E-state index contributed by atoms with van der Waals surface area (Å²) in [5.74, 6) is 1.36. The smallest absolute Gasteiger partial charge is 0.137 e. The van der Waals surface area contributed by atoms with Gasteiger partial charge in [-0.05, 0) is 30.5 Å². The fourth-order valence-electron chi connectivity index (χ4n) is 2.84. The molecule has 0 amide bonds. The monoisotopic (exact) mass is 280 g/mol. The van der Waals surface area contributed by atoms with E-state index in [1.54, 1.807) is 12.1 Å². The minimum absolute atomic E-state index is 0.228. The minimum Gasteiger partial charge on any atom is -0.366 e. The number of rotatable bonds is 2. The molecule has 2 aromatic rings. The van der Waals surface area contributed by atoms with Gasteiger partial charge < -0.3 is 5.32 Å². The van der Waals surface area contributed by atoms with Crippen LogP contribution in [0.3, 0.4) is 0 Å². The first kappa shape index (κ1) is 13.5.